The number of likely N-dealkylation sites (tertiary alicyclic amines) is 1. The zero-order chi connectivity index (χ0) is 15.5. The minimum Gasteiger partial charge on any atom is -0.389 e. The van der Waals surface area contributed by atoms with Gasteiger partial charge in [-0.25, -0.2) is 0 Å². The minimum atomic E-state index is -0.700. The number of piperidine rings is 1. The third kappa shape index (κ3) is 3.75. The minimum absolute atomic E-state index is 0.00356. The molecule has 1 atom stereocenters. The van der Waals surface area contributed by atoms with E-state index >= 15 is 0 Å². The van der Waals surface area contributed by atoms with Gasteiger partial charge < -0.3 is 10.0 Å². The number of rotatable bonds is 3. The number of nitrogens with zero attached hydrogens (tertiary/aromatic N) is 3. The number of β-amino-alcohol motifs (C(OH)–C–C–N with tert-alkyl or cyclic N) is 1. The largest absolute Gasteiger partial charge is 0.389 e. The van der Waals surface area contributed by atoms with Crippen molar-refractivity contribution in [2.24, 2.45) is 0 Å². The van der Waals surface area contributed by atoms with E-state index in [0.29, 0.717) is 13.1 Å². The Morgan fingerprint density at radius 2 is 1.95 bits per heavy atom. The maximum Gasteiger partial charge on any atom is 0.237 e. The Morgan fingerprint density at radius 3 is 2.52 bits per heavy atom. The summed E-state index contributed by atoms with van der Waals surface area (Å²) in [5, 5.41) is 19.7. The topological polar surface area (TPSA) is 67.6 Å². The standard InChI is InChI=1S/C16H27N3O2/c1-15(21)7-6-10-19(13-15)11-14(20)18(2)16(12-17)8-4-3-5-9-16/h21H,3-11,13H2,1-2H3. The fourth-order valence-corrected chi connectivity index (χ4v) is 3.65. The number of nitriles is 1. The first kappa shape index (κ1) is 16.3. The van der Waals surface area contributed by atoms with Crippen LogP contribution in [-0.2, 0) is 4.79 Å². The zero-order valence-corrected chi connectivity index (χ0v) is 13.3. The van der Waals surface area contributed by atoms with Gasteiger partial charge in [-0.3, -0.25) is 9.69 Å². The third-order valence-corrected chi connectivity index (χ3v) is 5.02. The fraction of sp³-hybridized carbons (Fsp3) is 0.875. The van der Waals surface area contributed by atoms with E-state index in [1.54, 1.807) is 11.9 Å². The summed E-state index contributed by atoms with van der Waals surface area (Å²) in [7, 11) is 1.76. The van der Waals surface area contributed by atoms with Crippen molar-refractivity contribution in [3.63, 3.8) is 0 Å². The molecule has 1 amide bonds. The van der Waals surface area contributed by atoms with Gasteiger partial charge in [-0.1, -0.05) is 19.3 Å². The van der Waals surface area contributed by atoms with Crippen molar-refractivity contribution in [2.45, 2.75) is 63.0 Å². The zero-order valence-electron chi connectivity index (χ0n) is 13.3. The molecule has 5 nitrogen and oxygen atoms in total. The number of aliphatic hydroxyl groups is 1. The van der Waals surface area contributed by atoms with E-state index in [2.05, 4.69) is 6.07 Å². The smallest absolute Gasteiger partial charge is 0.237 e. The Kier molecular flexibility index (Phi) is 4.90. The van der Waals surface area contributed by atoms with Gasteiger partial charge in [0.1, 0.15) is 5.54 Å². The monoisotopic (exact) mass is 293 g/mol. The molecule has 1 N–H and O–H groups in total. The molecule has 0 bridgehead atoms. The van der Waals surface area contributed by atoms with Gasteiger partial charge >= 0.3 is 0 Å². The van der Waals surface area contributed by atoms with E-state index in [1.807, 2.05) is 11.8 Å². The first-order valence-electron chi connectivity index (χ1n) is 8.01. The molecule has 1 saturated carbocycles. The summed E-state index contributed by atoms with van der Waals surface area (Å²) in [6, 6.07) is 2.39. The molecule has 1 aliphatic carbocycles. The molecule has 5 heteroatoms. The van der Waals surface area contributed by atoms with Crippen molar-refractivity contribution < 1.29 is 9.90 Å². The van der Waals surface area contributed by atoms with Crippen LogP contribution in [0.5, 0.6) is 0 Å². The van der Waals surface area contributed by atoms with Crippen LogP contribution >= 0.6 is 0 Å². The lowest BCUT2D eigenvalue weighted by Crippen LogP contribution is -2.55. The van der Waals surface area contributed by atoms with Crippen molar-refractivity contribution in [3.8, 4) is 6.07 Å². The Labute approximate surface area is 127 Å². The number of carbonyl (C=O) groups is 1. The number of hydrogen-bond acceptors (Lipinski definition) is 4. The van der Waals surface area contributed by atoms with Gasteiger partial charge in [0.2, 0.25) is 5.91 Å². The highest BCUT2D eigenvalue weighted by Crippen LogP contribution is 2.32. The molecule has 1 unspecified atom stereocenters. The highest BCUT2D eigenvalue weighted by atomic mass is 16.3. The van der Waals surface area contributed by atoms with Gasteiger partial charge in [0, 0.05) is 13.6 Å². The summed E-state index contributed by atoms with van der Waals surface area (Å²) < 4.78 is 0. The number of hydrogen-bond donors (Lipinski definition) is 1. The maximum atomic E-state index is 12.5. The van der Waals surface area contributed by atoms with Gasteiger partial charge in [0.25, 0.3) is 0 Å². The first-order chi connectivity index (χ1) is 9.88. The molecule has 118 valence electrons. The van der Waals surface area contributed by atoms with Crippen LogP contribution in [0.2, 0.25) is 0 Å². The van der Waals surface area contributed by atoms with Crippen LogP contribution in [0, 0.1) is 11.3 Å². The van der Waals surface area contributed by atoms with Crippen LogP contribution in [0.4, 0.5) is 0 Å². The summed E-state index contributed by atoms with van der Waals surface area (Å²) in [4.78, 5) is 16.2. The number of amides is 1. The summed E-state index contributed by atoms with van der Waals surface area (Å²) in [5.74, 6) is -0.00356. The van der Waals surface area contributed by atoms with Crippen molar-refractivity contribution in [3.05, 3.63) is 0 Å². The normalized spacial score (nSPS) is 29.6. The Morgan fingerprint density at radius 1 is 1.29 bits per heavy atom. The molecule has 2 aliphatic rings. The van der Waals surface area contributed by atoms with Gasteiger partial charge in [0.15, 0.2) is 0 Å². The predicted octanol–water partition coefficient (Wildman–Crippen LogP) is 1.52. The number of likely N-dealkylation sites (N-methyl/N-ethyl adjacent to an activating group) is 1. The van der Waals surface area contributed by atoms with Gasteiger partial charge in [0.05, 0.1) is 18.2 Å². The molecule has 0 aromatic rings. The second kappa shape index (κ2) is 6.33. The third-order valence-electron chi connectivity index (χ3n) is 5.02. The average Bonchev–Trinajstić information content (AvgIpc) is 2.46. The van der Waals surface area contributed by atoms with Crippen LogP contribution < -0.4 is 0 Å². The second-order valence-corrected chi connectivity index (χ2v) is 6.97. The molecule has 0 aromatic carbocycles. The molecule has 0 aromatic heterocycles. The molecule has 21 heavy (non-hydrogen) atoms. The number of carbonyl (C=O) groups excluding carboxylic acids is 1. The fourth-order valence-electron chi connectivity index (χ4n) is 3.65. The van der Waals surface area contributed by atoms with E-state index in [-0.39, 0.29) is 5.91 Å². The molecule has 2 rings (SSSR count). The van der Waals surface area contributed by atoms with Crippen molar-refractivity contribution >= 4 is 5.91 Å². The molecule has 1 saturated heterocycles. The molecule has 0 spiro atoms. The van der Waals surface area contributed by atoms with Crippen molar-refractivity contribution in [2.75, 3.05) is 26.7 Å². The van der Waals surface area contributed by atoms with E-state index in [4.69, 9.17) is 0 Å². The van der Waals surface area contributed by atoms with Crippen LogP contribution in [-0.4, -0.2) is 58.6 Å². The van der Waals surface area contributed by atoms with E-state index < -0.39 is 11.1 Å². The molecular weight excluding hydrogens is 266 g/mol. The molecule has 0 radical (unpaired) electrons. The summed E-state index contributed by atoms with van der Waals surface area (Å²) >= 11 is 0. The lowest BCUT2D eigenvalue weighted by molar-refractivity contribution is -0.137. The molecular formula is C16H27N3O2. The van der Waals surface area contributed by atoms with Gasteiger partial charge in [-0.05, 0) is 39.2 Å². The second-order valence-electron chi connectivity index (χ2n) is 6.97. The summed E-state index contributed by atoms with van der Waals surface area (Å²) in [6.07, 6.45) is 6.45. The summed E-state index contributed by atoms with van der Waals surface area (Å²) in [6.45, 7) is 3.50. The Balaban J connectivity index is 1.97. The Bertz CT molecular complexity index is 422. The quantitative estimate of drug-likeness (QED) is 0.856. The van der Waals surface area contributed by atoms with Crippen LogP contribution in [0.25, 0.3) is 0 Å². The first-order valence-corrected chi connectivity index (χ1v) is 8.01. The molecule has 1 aliphatic heterocycles. The lowest BCUT2D eigenvalue weighted by atomic mass is 9.81. The van der Waals surface area contributed by atoms with Crippen LogP contribution in [0.15, 0.2) is 0 Å². The van der Waals surface area contributed by atoms with Crippen LogP contribution in [0.1, 0.15) is 51.9 Å². The summed E-state index contributed by atoms with van der Waals surface area (Å²) in [5.41, 5.74) is -1.32. The maximum absolute atomic E-state index is 12.5. The molecule has 1 heterocycles. The van der Waals surface area contributed by atoms with Crippen molar-refractivity contribution in [1.82, 2.24) is 9.80 Å². The Hall–Kier alpha value is -1.12. The van der Waals surface area contributed by atoms with Gasteiger partial charge in [-0.15, -0.1) is 0 Å². The molecule has 2 fully saturated rings. The van der Waals surface area contributed by atoms with E-state index in [9.17, 15) is 15.2 Å². The van der Waals surface area contributed by atoms with Gasteiger partial charge in [-0.2, -0.15) is 5.26 Å². The SMILES string of the molecule is CN(C(=O)CN1CCCC(C)(O)C1)C1(C#N)CCCCC1. The predicted molar refractivity (Wildman–Crippen MR) is 80.5 cm³/mol. The highest BCUT2D eigenvalue weighted by molar-refractivity contribution is 5.79. The van der Waals surface area contributed by atoms with E-state index in [0.717, 1.165) is 51.5 Å². The van der Waals surface area contributed by atoms with Crippen LogP contribution in [0.3, 0.4) is 0 Å². The van der Waals surface area contributed by atoms with E-state index in [1.165, 1.54) is 0 Å². The highest BCUT2D eigenvalue weighted by Gasteiger charge is 2.39. The van der Waals surface area contributed by atoms with Crippen molar-refractivity contribution in [1.29, 1.82) is 5.26 Å². The average molecular weight is 293 g/mol. The lowest BCUT2D eigenvalue weighted by Gasteiger charge is -2.41.